The van der Waals surface area contributed by atoms with Gasteiger partial charge in [0.1, 0.15) is 10.7 Å². The summed E-state index contributed by atoms with van der Waals surface area (Å²) < 4.78 is 0. The number of H-pyrrole nitrogens is 1. The van der Waals surface area contributed by atoms with Crippen molar-refractivity contribution in [1.29, 1.82) is 0 Å². The van der Waals surface area contributed by atoms with Gasteiger partial charge in [0.05, 0.1) is 11.4 Å². The normalized spacial score (nSPS) is 17.2. The van der Waals surface area contributed by atoms with E-state index in [2.05, 4.69) is 29.0 Å². The summed E-state index contributed by atoms with van der Waals surface area (Å²) in [6, 6.07) is 7.54. The number of nitrogens with one attached hydrogen (secondary N) is 2. The first-order chi connectivity index (χ1) is 14.4. The van der Waals surface area contributed by atoms with Gasteiger partial charge in [-0.05, 0) is 62.4 Å². The molecule has 0 spiro atoms. The van der Waals surface area contributed by atoms with E-state index in [1.165, 1.54) is 10.4 Å². The minimum Gasteiger partial charge on any atom is -0.355 e. The Morgan fingerprint density at radius 2 is 2.10 bits per heavy atom. The van der Waals surface area contributed by atoms with Crippen molar-refractivity contribution in [2.75, 3.05) is 14.1 Å². The molecule has 1 aromatic carbocycles. The number of thiophene rings is 1. The lowest BCUT2D eigenvalue weighted by molar-refractivity contribution is 0.0963. The number of benzene rings is 1. The van der Waals surface area contributed by atoms with Gasteiger partial charge in [0.2, 0.25) is 0 Å². The molecule has 4 rings (SSSR count). The van der Waals surface area contributed by atoms with Gasteiger partial charge in [0.25, 0.3) is 11.5 Å². The Labute approximate surface area is 180 Å². The van der Waals surface area contributed by atoms with Crippen molar-refractivity contribution in [2.45, 2.75) is 45.7 Å². The van der Waals surface area contributed by atoms with E-state index in [0.717, 1.165) is 35.0 Å². The van der Waals surface area contributed by atoms with Crippen LogP contribution in [0, 0.1) is 5.92 Å². The molecule has 0 unspecified atom stereocenters. The maximum absolute atomic E-state index is 12.9. The van der Waals surface area contributed by atoms with Crippen LogP contribution in [-0.2, 0) is 19.4 Å². The Morgan fingerprint density at radius 3 is 2.80 bits per heavy atom. The molecule has 1 amide bonds. The van der Waals surface area contributed by atoms with Crippen LogP contribution in [0.3, 0.4) is 0 Å². The zero-order chi connectivity index (χ0) is 21.4. The first-order valence-electron chi connectivity index (χ1n) is 10.4. The van der Waals surface area contributed by atoms with E-state index in [0.29, 0.717) is 23.9 Å². The van der Waals surface area contributed by atoms with Crippen molar-refractivity contribution >= 4 is 27.5 Å². The molecule has 0 bridgehead atoms. The summed E-state index contributed by atoms with van der Waals surface area (Å²) in [6.07, 6.45) is 3.16. The van der Waals surface area contributed by atoms with Crippen LogP contribution >= 0.6 is 11.3 Å². The number of fused-ring (bicyclic) bond motifs is 3. The van der Waals surface area contributed by atoms with Crippen LogP contribution in [0.1, 0.15) is 58.5 Å². The molecule has 2 heterocycles. The molecular weight excluding hydrogens is 396 g/mol. The molecule has 6 nitrogen and oxygen atoms in total. The summed E-state index contributed by atoms with van der Waals surface area (Å²) >= 11 is 1.68. The number of aromatic amines is 1. The molecule has 30 heavy (non-hydrogen) atoms. The molecule has 0 saturated carbocycles. The van der Waals surface area contributed by atoms with Crippen LogP contribution in [0.4, 0.5) is 0 Å². The van der Waals surface area contributed by atoms with Gasteiger partial charge in [-0.3, -0.25) is 14.5 Å². The summed E-state index contributed by atoms with van der Waals surface area (Å²) in [6.45, 7) is 5.02. The topological polar surface area (TPSA) is 78.1 Å². The lowest BCUT2D eigenvalue weighted by atomic mass is 9.89. The quantitative estimate of drug-likeness (QED) is 0.655. The first-order valence-corrected chi connectivity index (χ1v) is 11.2. The molecule has 158 valence electrons. The number of rotatable bonds is 5. The second kappa shape index (κ2) is 8.32. The SMILES string of the molecule is CNC(=O)c1ccc(CN(C)[C@H](C)c2nc3sc4c(c3c(=O)[nH]2)CC[C@@H](C)C4)cc1. The zero-order valence-electron chi connectivity index (χ0n) is 17.9. The summed E-state index contributed by atoms with van der Waals surface area (Å²) in [5, 5.41) is 3.43. The molecule has 2 atom stereocenters. The fraction of sp³-hybridized carbons (Fsp3) is 0.435. The summed E-state index contributed by atoms with van der Waals surface area (Å²) in [7, 11) is 3.64. The Bertz CT molecular complexity index is 1130. The van der Waals surface area contributed by atoms with Crippen LogP contribution in [0.15, 0.2) is 29.1 Å². The fourth-order valence-corrected chi connectivity index (χ4v) is 5.49. The van der Waals surface area contributed by atoms with Crippen LogP contribution in [-0.4, -0.2) is 34.9 Å². The van der Waals surface area contributed by atoms with Crippen molar-refractivity contribution < 1.29 is 4.79 Å². The highest BCUT2D eigenvalue weighted by Gasteiger charge is 2.24. The molecule has 0 aliphatic heterocycles. The van der Waals surface area contributed by atoms with Crippen molar-refractivity contribution in [1.82, 2.24) is 20.2 Å². The van der Waals surface area contributed by atoms with E-state index in [-0.39, 0.29) is 17.5 Å². The lowest BCUT2D eigenvalue weighted by Crippen LogP contribution is -2.26. The number of hydrogen-bond acceptors (Lipinski definition) is 5. The number of carbonyl (C=O) groups is 1. The molecular formula is C23H28N4O2S. The van der Waals surface area contributed by atoms with E-state index in [4.69, 9.17) is 4.98 Å². The first kappa shape index (κ1) is 20.8. The van der Waals surface area contributed by atoms with Crippen molar-refractivity contribution in [3.63, 3.8) is 0 Å². The molecule has 2 aromatic heterocycles. The van der Waals surface area contributed by atoms with Crippen LogP contribution < -0.4 is 10.9 Å². The van der Waals surface area contributed by atoms with Crippen LogP contribution in [0.5, 0.6) is 0 Å². The highest BCUT2D eigenvalue weighted by molar-refractivity contribution is 7.18. The number of amides is 1. The smallest absolute Gasteiger partial charge is 0.259 e. The minimum atomic E-state index is -0.0913. The second-order valence-corrected chi connectivity index (χ2v) is 9.43. The van der Waals surface area contributed by atoms with Gasteiger partial charge < -0.3 is 10.3 Å². The van der Waals surface area contributed by atoms with Gasteiger partial charge in [0.15, 0.2) is 0 Å². The average molecular weight is 425 g/mol. The van der Waals surface area contributed by atoms with Gasteiger partial charge in [-0.1, -0.05) is 19.1 Å². The van der Waals surface area contributed by atoms with Crippen molar-refractivity contribution in [3.8, 4) is 0 Å². The Morgan fingerprint density at radius 1 is 1.37 bits per heavy atom. The number of nitrogens with zero attached hydrogens (tertiary/aromatic N) is 2. The second-order valence-electron chi connectivity index (χ2n) is 8.35. The minimum absolute atomic E-state index is 0.0165. The van der Waals surface area contributed by atoms with Gasteiger partial charge >= 0.3 is 0 Å². The fourth-order valence-electron chi connectivity index (χ4n) is 4.10. The van der Waals surface area contributed by atoms with Crippen LogP contribution in [0.25, 0.3) is 10.2 Å². The maximum atomic E-state index is 12.9. The van der Waals surface area contributed by atoms with E-state index in [9.17, 15) is 9.59 Å². The highest BCUT2D eigenvalue weighted by Crippen LogP contribution is 2.36. The predicted octanol–water partition coefficient (Wildman–Crippen LogP) is 3.66. The molecule has 0 radical (unpaired) electrons. The van der Waals surface area contributed by atoms with Crippen molar-refractivity contribution in [2.24, 2.45) is 5.92 Å². The number of hydrogen-bond donors (Lipinski definition) is 2. The van der Waals surface area contributed by atoms with Gasteiger partial charge in [-0.25, -0.2) is 4.98 Å². The average Bonchev–Trinajstić information content (AvgIpc) is 3.10. The number of aryl methyl sites for hydroxylation is 1. The predicted molar refractivity (Wildman–Crippen MR) is 121 cm³/mol. The standard InChI is InChI=1S/C23H28N4O2S/c1-13-5-10-17-18(11-13)30-23-19(17)22(29)25-20(26-23)14(2)27(4)12-15-6-8-16(9-7-15)21(28)24-3/h6-9,13-14H,5,10-12H2,1-4H3,(H,24,28)(H,25,26,29)/t13-,14-/m1/s1. The third-order valence-electron chi connectivity index (χ3n) is 6.12. The highest BCUT2D eigenvalue weighted by atomic mass is 32.1. The van der Waals surface area contributed by atoms with E-state index >= 15 is 0 Å². The van der Waals surface area contributed by atoms with Crippen LogP contribution in [0.2, 0.25) is 0 Å². The van der Waals surface area contributed by atoms with Gasteiger partial charge in [0, 0.05) is 24.0 Å². The summed E-state index contributed by atoms with van der Waals surface area (Å²) in [5.74, 6) is 1.28. The van der Waals surface area contributed by atoms with Gasteiger partial charge in [-0.15, -0.1) is 11.3 Å². The third-order valence-corrected chi connectivity index (χ3v) is 7.26. The molecule has 0 fully saturated rings. The summed E-state index contributed by atoms with van der Waals surface area (Å²) in [5.41, 5.74) is 2.94. The van der Waals surface area contributed by atoms with Crippen molar-refractivity contribution in [3.05, 3.63) is 62.0 Å². The monoisotopic (exact) mass is 424 g/mol. The Balaban J connectivity index is 1.56. The lowest BCUT2D eigenvalue weighted by Gasteiger charge is -2.24. The van der Waals surface area contributed by atoms with E-state index in [1.807, 2.05) is 31.3 Å². The zero-order valence-corrected chi connectivity index (χ0v) is 18.7. The maximum Gasteiger partial charge on any atom is 0.259 e. The largest absolute Gasteiger partial charge is 0.355 e. The Hall–Kier alpha value is -2.51. The van der Waals surface area contributed by atoms with E-state index < -0.39 is 0 Å². The molecule has 1 aliphatic rings. The molecule has 7 heteroatoms. The number of aromatic nitrogens is 2. The summed E-state index contributed by atoms with van der Waals surface area (Å²) in [4.78, 5) is 36.8. The van der Waals surface area contributed by atoms with E-state index in [1.54, 1.807) is 18.4 Å². The molecule has 3 aromatic rings. The Kier molecular flexibility index (Phi) is 5.75. The third kappa shape index (κ3) is 3.91. The van der Waals surface area contributed by atoms with Gasteiger partial charge in [-0.2, -0.15) is 0 Å². The number of carbonyl (C=O) groups excluding carboxylic acids is 1. The molecule has 1 aliphatic carbocycles. The molecule has 0 saturated heterocycles. The molecule has 2 N–H and O–H groups in total.